The van der Waals surface area contributed by atoms with Gasteiger partial charge in [-0.2, -0.15) is 4.72 Å². The van der Waals surface area contributed by atoms with E-state index in [-0.39, 0.29) is 28.5 Å². The fourth-order valence-corrected chi connectivity index (χ4v) is 4.80. The molecule has 2 N–H and O–H groups in total. The molecule has 0 aromatic heterocycles. The molecule has 30 heavy (non-hydrogen) atoms. The van der Waals surface area contributed by atoms with Gasteiger partial charge >= 0.3 is 0 Å². The minimum absolute atomic E-state index is 0.00664. The third kappa shape index (κ3) is 5.17. The van der Waals surface area contributed by atoms with Crippen LogP contribution in [0.2, 0.25) is 0 Å². The van der Waals surface area contributed by atoms with Gasteiger partial charge in [0.25, 0.3) is 0 Å². The Morgan fingerprint density at radius 2 is 1.57 bits per heavy atom. The molecule has 1 aromatic carbocycles. The molecule has 1 saturated carbocycles. The molecule has 2 fully saturated rings. The van der Waals surface area contributed by atoms with E-state index in [2.05, 4.69) is 10.0 Å². The molecule has 1 aliphatic heterocycles. The van der Waals surface area contributed by atoms with Crippen molar-refractivity contribution in [1.82, 2.24) is 14.5 Å². The van der Waals surface area contributed by atoms with Gasteiger partial charge in [0.2, 0.25) is 27.7 Å². The molecule has 1 saturated heterocycles. The second kappa shape index (κ2) is 9.13. The maximum atomic E-state index is 12.7. The summed E-state index contributed by atoms with van der Waals surface area (Å²) in [4.78, 5) is 39.5. The first-order chi connectivity index (χ1) is 14.2. The zero-order valence-corrected chi connectivity index (χ0v) is 18.1. The summed E-state index contributed by atoms with van der Waals surface area (Å²) in [7, 11) is -3.89. The lowest BCUT2D eigenvalue weighted by atomic mass is 9.84. The van der Waals surface area contributed by atoms with Crippen LogP contribution in [0, 0.1) is 5.92 Å². The largest absolute Gasteiger partial charge is 0.339 e. The quantitative estimate of drug-likeness (QED) is 0.684. The highest BCUT2D eigenvalue weighted by Crippen LogP contribution is 2.28. The monoisotopic (exact) mass is 436 g/mol. The molecule has 1 atom stereocenters. The fourth-order valence-electron chi connectivity index (χ4n) is 3.61. The number of nitrogens with zero attached hydrogens (tertiary/aromatic N) is 2. The number of benzene rings is 1. The van der Waals surface area contributed by atoms with E-state index in [4.69, 9.17) is 0 Å². The van der Waals surface area contributed by atoms with Gasteiger partial charge in [-0.3, -0.25) is 14.4 Å². The van der Waals surface area contributed by atoms with Crippen LogP contribution in [0.5, 0.6) is 0 Å². The Morgan fingerprint density at radius 1 is 1.00 bits per heavy atom. The van der Waals surface area contributed by atoms with E-state index in [1.54, 1.807) is 9.80 Å². The molecule has 0 bridgehead atoms. The maximum absolute atomic E-state index is 12.7. The number of hydrogen-bond donors (Lipinski definition) is 2. The Bertz CT molecular complexity index is 904. The van der Waals surface area contributed by atoms with Crippen LogP contribution in [-0.2, 0) is 24.4 Å². The molecule has 9 nitrogen and oxygen atoms in total. The molecular formula is C20H28N4O5S. The van der Waals surface area contributed by atoms with E-state index in [0.29, 0.717) is 31.9 Å². The van der Waals surface area contributed by atoms with E-state index in [1.165, 1.54) is 38.1 Å². The summed E-state index contributed by atoms with van der Waals surface area (Å²) in [6.45, 7) is 4.62. The van der Waals surface area contributed by atoms with Crippen molar-refractivity contribution in [3.8, 4) is 0 Å². The highest BCUT2D eigenvalue weighted by atomic mass is 32.2. The number of rotatable bonds is 6. The molecule has 164 valence electrons. The van der Waals surface area contributed by atoms with Gasteiger partial charge in [-0.1, -0.05) is 6.42 Å². The van der Waals surface area contributed by atoms with Crippen molar-refractivity contribution in [2.24, 2.45) is 5.92 Å². The standard InChI is InChI=1S/C20H28N4O5S/c1-14(22-30(28,29)18-8-6-17(7-9-18)21-15(2)25)19(26)23-10-12-24(13-11-23)20(27)16-4-3-5-16/h6-9,14,16,22H,3-5,10-13H2,1-2H3,(H,21,25)/t14-/m0/s1. The maximum Gasteiger partial charge on any atom is 0.241 e. The summed E-state index contributed by atoms with van der Waals surface area (Å²) in [5, 5.41) is 2.57. The Labute approximate surface area is 176 Å². The van der Waals surface area contributed by atoms with Gasteiger partial charge in [-0.25, -0.2) is 8.42 Å². The number of amides is 3. The first kappa shape index (κ1) is 22.2. The number of carbonyl (C=O) groups is 3. The van der Waals surface area contributed by atoms with E-state index >= 15 is 0 Å². The van der Waals surface area contributed by atoms with Crippen LogP contribution < -0.4 is 10.0 Å². The average molecular weight is 437 g/mol. The summed E-state index contributed by atoms with van der Waals surface area (Å²) in [5.41, 5.74) is 0.486. The van der Waals surface area contributed by atoms with Crippen LogP contribution in [0.4, 0.5) is 5.69 Å². The number of anilines is 1. The summed E-state index contributed by atoms with van der Waals surface area (Å²) in [6.07, 6.45) is 2.99. The van der Waals surface area contributed by atoms with Gasteiger partial charge in [-0.15, -0.1) is 0 Å². The van der Waals surface area contributed by atoms with Crippen molar-refractivity contribution >= 4 is 33.4 Å². The number of nitrogens with one attached hydrogen (secondary N) is 2. The van der Waals surface area contributed by atoms with Gasteiger partial charge < -0.3 is 15.1 Å². The summed E-state index contributed by atoms with van der Waals surface area (Å²) in [5.74, 6) is -0.263. The first-order valence-corrected chi connectivity index (χ1v) is 11.6. The number of sulfonamides is 1. The van der Waals surface area contributed by atoms with Crippen LogP contribution in [-0.4, -0.2) is 68.2 Å². The van der Waals surface area contributed by atoms with Gasteiger partial charge in [0.05, 0.1) is 10.9 Å². The van der Waals surface area contributed by atoms with Crippen molar-refractivity contribution in [2.45, 2.75) is 44.0 Å². The second-order valence-electron chi connectivity index (χ2n) is 7.83. The first-order valence-electron chi connectivity index (χ1n) is 10.1. The highest BCUT2D eigenvalue weighted by Gasteiger charge is 2.33. The molecule has 0 spiro atoms. The zero-order valence-electron chi connectivity index (χ0n) is 17.3. The molecule has 1 aromatic rings. The third-order valence-electron chi connectivity index (χ3n) is 5.54. The SMILES string of the molecule is CC(=O)Nc1ccc(S(=O)(=O)N[C@@H](C)C(=O)N2CCN(C(=O)C3CCC3)CC2)cc1. The van der Waals surface area contributed by atoms with E-state index < -0.39 is 16.1 Å². The smallest absolute Gasteiger partial charge is 0.241 e. The van der Waals surface area contributed by atoms with Crippen molar-refractivity contribution < 1.29 is 22.8 Å². The van der Waals surface area contributed by atoms with Gasteiger partial charge in [0, 0.05) is 44.7 Å². The lowest BCUT2D eigenvalue weighted by molar-refractivity contribution is -0.144. The summed E-state index contributed by atoms with van der Waals surface area (Å²) in [6, 6.07) is 4.78. The highest BCUT2D eigenvalue weighted by molar-refractivity contribution is 7.89. The molecule has 0 unspecified atom stereocenters. The summed E-state index contributed by atoms with van der Waals surface area (Å²) >= 11 is 0. The van der Waals surface area contributed by atoms with Crippen molar-refractivity contribution in [1.29, 1.82) is 0 Å². The normalized spacial score (nSPS) is 18.5. The molecule has 3 amide bonds. The molecule has 2 aliphatic rings. The number of hydrogen-bond acceptors (Lipinski definition) is 5. The average Bonchev–Trinajstić information content (AvgIpc) is 2.65. The number of piperazine rings is 1. The van der Waals surface area contributed by atoms with Gasteiger partial charge in [-0.05, 0) is 44.0 Å². The van der Waals surface area contributed by atoms with Crippen LogP contribution in [0.25, 0.3) is 0 Å². The molecule has 0 radical (unpaired) electrons. The van der Waals surface area contributed by atoms with Gasteiger partial charge in [0.1, 0.15) is 0 Å². The molecule has 3 rings (SSSR count). The topological polar surface area (TPSA) is 116 Å². The van der Waals surface area contributed by atoms with Crippen LogP contribution in [0.3, 0.4) is 0 Å². The summed E-state index contributed by atoms with van der Waals surface area (Å²) < 4.78 is 27.6. The molecule has 1 aliphatic carbocycles. The molecule has 10 heteroatoms. The molecule has 1 heterocycles. The third-order valence-corrected chi connectivity index (χ3v) is 7.10. The predicted molar refractivity (Wildman–Crippen MR) is 111 cm³/mol. The zero-order chi connectivity index (χ0) is 21.9. The second-order valence-corrected chi connectivity index (χ2v) is 9.54. The fraction of sp³-hybridized carbons (Fsp3) is 0.550. The van der Waals surface area contributed by atoms with E-state index in [1.807, 2.05) is 0 Å². The van der Waals surface area contributed by atoms with E-state index in [9.17, 15) is 22.8 Å². The van der Waals surface area contributed by atoms with Crippen LogP contribution in [0.1, 0.15) is 33.1 Å². The number of carbonyl (C=O) groups excluding carboxylic acids is 3. The Balaban J connectivity index is 1.54. The Kier molecular flexibility index (Phi) is 6.77. The van der Waals surface area contributed by atoms with Crippen LogP contribution >= 0.6 is 0 Å². The van der Waals surface area contributed by atoms with Crippen molar-refractivity contribution in [3.63, 3.8) is 0 Å². The lowest BCUT2D eigenvalue weighted by Gasteiger charge is -2.39. The minimum Gasteiger partial charge on any atom is -0.339 e. The molecular weight excluding hydrogens is 408 g/mol. The van der Waals surface area contributed by atoms with Crippen molar-refractivity contribution in [2.75, 3.05) is 31.5 Å². The van der Waals surface area contributed by atoms with Gasteiger partial charge in [0.15, 0.2) is 0 Å². The lowest BCUT2D eigenvalue weighted by Crippen LogP contribution is -2.56. The minimum atomic E-state index is -3.89. The Morgan fingerprint density at radius 3 is 2.07 bits per heavy atom. The van der Waals surface area contributed by atoms with Crippen molar-refractivity contribution in [3.05, 3.63) is 24.3 Å². The Hall–Kier alpha value is -2.46. The predicted octanol–water partition coefficient (Wildman–Crippen LogP) is 0.783. The van der Waals surface area contributed by atoms with E-state index in [0.717, 1.165) is 19.3 Å². The van der Waals surface area contributed by atoms with Crippen LogP contribution in [0.15, 0.2) is 29.2 Å².